The number of carbonyl (C=O) groups excluding carboxylic acids is 1. The van der Waals surface area contributed by atoms with Crippen LogP contribution in [0.5, 0.6) is 0 Å². The van der Waals surface area contributed by atoms with Crippen LogP contribution < -0.4 is 15.6 Å². The Labute approximate surface area is 172 Å². The summed E-state index contributed by atoms with van der Waals surface area (Å²) in [6, 6.07) is 15.0. The molecule has 0 bridgehead atoms. The molecule has 5 rings (SSSR count). The van der Waals surface area contributed by atoms with Gasteiger partial charge in [0.25, 0.3) is 0 Å². The van der Waals surface area contributed by atoms with Crippen LogP contribution in [-0.4, -0.2) is 40.6 Å². The molecule has 2 aromatic carbocycles. The molecule has 1 aliphatic rings. The smallest absolute Gasteiger partial charge is 0.408 e. The molecule has 8 nitrogen and oxygen atoms in total. The molecule has 1 amide bonds. The van der Waals surface area contributed by atoms with Crippen LogP contribution >= 0.6 is 0 Å². The number of benzene rings is 2. The summed E-state index contributed by atoms with van der Waals surface area (Å²) < 4.78 is 6.84. The Kier molecular flexibility index (Phi) is 4.46. The van der Waals surface area contributed by atoms with Crippen LogP contribution in [0, 0.1) is 0 Å². The summed E-state index contributed by atoms with van der Waals surface area (Å²) in [5, 5.41) is 0. The number of aromatic nitrogens is 3. The SMILES string of the molecule is CN1CCN(C(=O)CCCn2c(=O)oc3ccccc32)c2nc3ccccc3nc21. The van der Waals surface area contributed by atoms with Crippen molar-refractivity contribution in [1.29, 1.82) is 0 Å². The molecule has 152 valence electrons. The van der Waals surface area contributed by atoms with Crippen molar-refractivity contribution in [2.24, 2.45) is 0 Å². The molecule has 2 aromatic heterocycles. The first kappa shape index (κ1) is 18.4. The van der Waals surface area contributed by atoms with Crippen molar-refractivity contribution in [2.75, 3.05) is 29.9 Å². The van der Waals surface area contributed by atoms with E-state index in [1.165, 1.54) is 0 Å². The van der Waals surface area contributed by atoms with Crippen LogP contribution in [0.15, 0.2) is 57.7 Å². The molecular weight excluding hydrogens is 382 g/mol. The number of hydrogen-bond donors (Lipinski definition) is 0. The minimum Gasteiger partial charge on any atom is -0.408 e. The lowest BCUT2D eigenvalue weighted by Crippen LogP contribution is -2.43. The van der Waals surface area contributed by atoms with Gasteiger partial charge in [0.15, 0.2) is 17.2 Å². The first-order chi connectivity index (χ1) is 14.6. The first-order valence-electron chi connectivity index (χ1n) is 9.98. The molecule has 0 atom stereocenters. The fraction of sp³-hybridized carbons (Fsp3) is 0.273. The van der Waals surface area contributed by atoms with E-state index in [0.29, 0.717) is 49.7 Å². The van der Waals surface area contributed by atoms with Gasteiger partial charge in [0.2, 0.25) is 5.91 Å². The number of hydrogen-bond acceptors (Lipinski definition) is 6. The van der Waals surface area contributed by atoms with E-state index >= 15 is 0 Å². The lowest BCUT2D eigenvalue weighted by molar-refractivity contribution is -0.118. The van der Waals surface area contributed by atoms with E-state index < -0.39 is 5.76 Å². The van der Waals surface area contributed by atoms with Crippen molar-refractivity contribution in [3.8, 4) is 0 Å². The van der Waals surface area contributed by atoms with Crippen molar-refractivity contribution in [2.45, 2.75) is 19.4 Å². The number of amides is 1. The van der Waals surface area contributed by atoms with Crippen LogP contribution in [0.2, 0.25) is 0 Å². The standard InChI is InChI=1S/C22H21N5O3/c1-25-13-14-27(21-20(25)23-15-7-2-3-8-16(15)24-21)19(28)11-6-12-26-17-9-4-5-10-18(17)30-22(26)29/h2-5,7-10H,6,11-14H2,1H3. The quantitative estimate of drug-likeness (QED) is 0.521. The zero-order valence-corrected chi connectivity index (χ0v) is 16.6. The third-order valence-corrected chi connectivity index (χ3v) is 5.46. The summed E-state index contributed by atoms with van der Waals surface area (Å²) in [7, 11) is 1.96. The molecule has 1 aliphatic heterocycles. The number of rotatable bonds is 4. The van der Waals surface area contributed by atoms with E-state index in [0.717, 1.165) is 16.6 Å². The highest BCUT2D eigenvalue weighted by Gasteiger charge is 2.28. The van der Waals surface area contributed by atoms with E-state index in [9.17, 15) is 9.59 Å². The number of oxazole rings is 1. The predicted molar refractivity (Wildman–Crippen MR) is 115 cm³/mol. The zero-order chi connectivity index (χ0) is 20.7. The second-order valence-electron chi connectivity index (χ2n) is 7.42. The van der Waals surface area contributed by atoms with Crippen molar-refractivity contribution >= 4 is 39.7 Å². The highest BCUT2D eigenvalue weighted by Crippen LogP contribution is 2.31. The van der Waals surface area contributed by atoms with Gasteiger partial charge in [-0.25, -0.2) is 14.8 Å². The minimum atomic E-state index is -0.397. The number of likely N-dealkylation sites (N-methyl/N-ethyl adjacent to an activating group) is 1. The van der Waals surface area contributed by atoms with E-state index in [4.69, 9.17) is 14.4 Å². The zero-order valence-electron chi connectivity index (χ0n) is 16.6. The monoisotopic (exact) mass is 403 g/mol. The van der Waals surface area contributed by atoms with E-state index in [-0.39, 0.29) is 5.91 Å². The Balaban J connectivity index is 1.36. The predicted octanol–water partition coefficient (Wildman–Crippen LogP) is 2.80. The lowest BCUT2D eigenvalue weighted by atomic mass is 10.2. The molecule has 0 fully saturated rings. The summed E-state index contributed by atoms with van der Waals surface area (Å²) in [5.74, 6) is 0.893. The summed E-state index contributed by atoms with van der Waals surface area (Å²) >= 11 is 0. The average molecular weight is 403 g/mol. The second kappa shape index (κ2) is 7.29. The van der Waals surface area contributed by atoms with Crippen molar-refractivity contribution in [3.63, 3.8) is 0 Å². The van der Waals surface area contributed by atoms with Gasteiger partial charge < -0.3 is 9.32 Å². The highest BCUT2D eigenvalue weighted by atomic mass is 16.4. The molecule has 30 heavy (non-hydrogen) atoms. The Morgan fingerprint density at radius 2 is 1.70 bits per heavy atom. The van der Waals surface area contributed by atoms with Gasteiger partial charge in [-0.05, 0) is 30.7 Å². The maximum absolute atomic E-state index is 13.0. The number of anilines is 2. The van der Waals surface area contributed by atoms with Gasteiger partial charge in [0.1, 0.15) is 0 Å². The maximum atomic E-state index is 13.0. The van der Waals surface area contributed by atoms with Crippen molar-refractivity contribution < 1.29 is 9.21 Å². The Hall–Kier alpha value is -3.68. The molecule has 4 aromatic rings. The fourth-order valence-corrected chi connectivity index (χ4v) is 3.87. The van der Waals surface area contributed by atoms with Gasteiger partial charge in [0, 0.05) is 33.1 Å². The van der Waals surface area contributed by atoms with Crippen LogP contribution in [0.4, 0.5) is 11.6 Å². The van der Waals surface area contributed by atoms with Crippen molar-refractivity contribution in [3.05, 3.63) is 59.1 Å². The van der Waals surface area contributed by atoms with Gasteiger partial charge in [-0.2, -0.15) is 0 Å². The Morgan fingerprint density at radius 1 is 1.00 bits per heavy atom. The van der Waals surface area contributed by atoms with E-state index in [1.54, 1.807) is 15.5 Å². The van der Waals surface area contributed by atoms with Crippen LogP contribution in [0.3, 0.4) is 0 Å². The topological polar surface area (TPSA) is 84.5 Å². The molecule has 0 unspecified atom stereocenters. The number of fused-ring (bicyclic) bond motifs is 3. The molecule has 0 spiro atoms. The highest BCUT2D eigenvalue weighted by molar-refractivity contribution is 5.97. The van der Waals surface area contributed by atoms with Crippen LogP contribution in [0.25, 0.3) is 22.1 Å². The third kappa shape index (κ3) is 3.10. The summed E-state index contributed by atoms with van der Waals surface area (Å²) in [6.45, 7) is 1.67. The number of para-hydroxylation sites is 4. The molecule has 8 heteroatoms. The summed E-state index contributed by atoms with van der Waals surface area (Å²) in [5.41, 5.74) is 2.88. The first-order valence-corrected chi connectivity index (χ1v) is 9.98. The number of nitrogens with zero attached hydrogens (tertiary/aromatic N) is 5. The van der Waals surface area contributed by atoms with Gasteiger partial charge in [-0.15, -0.1) is 0 Å². The molecule has 0 saturated carbocycles. The minimum absolute atomic E-state index is 0.0187. The normalized spacial score (nSPS) is 13.8. The molecule has 0 aliphatic carbocycles. The third-order valence-electron chi connectivity index (χ3n) is 5.46. The Morgan fingerprint density at radius 3 is 2.50 bits per heavy atom. The van der Waals surface area contributed by atoms with E-state index in [1.807, 2.05) is 54.4 Å². The van der Waals surface area contributed by atoms with Crippen LogP contribution in [-0.2, 0) is 11.3 Å². The Bertz CT molecular complexity index is 1310. The largest absolute Gasteiger partial charge is 0.419 e. The second-order valence-corrected chi connectivity index (χ2v) is 7.42. The summed E-state index contributed by atoms with van der Waals surface area (Å²) in [6.07, 6.45) is 0.842. The van der Waals surface area contributed by atoms with Crippen molar-refractivity contribution in [1.82, 2.24) is 14.5 Å². The van der Waals surface area contributed by atoms with Gasteiger partial charge in [0.05, 0.1) is 16.6 Å². The van der Waals surface area contributed by atoms with Gasteiger partial charge in [-0.3, -0.25) is 14.3 Å². The molecule has 0 radical (unpaired) electrons. The van der Waals surface area contributed by atoms with E-state index in [2.05, 4.69) is 0 Å². The van der Waals surface area contributed by atoms with Gasteiger partial charge in [-0.1, -0.05) is 24.3 Å². The molecule has 3 heterocycles. The number of carbonyl (C=O) groups is 1. The lowest BCUT2D eigenvalue weighted by Gasteiger charge is -2.33. The summed E-state index contributed by atoms with van der Waals surface area (Å²) in [4.78, 5) is 38.3. The van der Waals surface area contributed by atoms with Crippen LogP contribution in [0.1, 0.15) is 12.8 Å². The van der Waals surface area contributed by atoms with Gasteiger partial charge >= 0.3 is 5.76 Å². The molecule has 0 saturated heterocycles. The molecular formula is C22H21N5O3. The maximum Gasteiger partial charge on any atom is 0.419 e. The fourth-order valence-electron chi connectivity index (χ4n) is 3.87. The molecule has 0 N–H and O–H groups in total. The average Bonchev–Trinajstić information content (AvgIpc) is 3.08. The number of aryl methyl sites for hydroxylation is 1.